The van der Waals surface area contributed by atoms with Crippen molar-refractivity contribution in [2.24, 2.45) is 11.3 Å². The van der Waals surface area contributed by atoms with Crippen molar-refractivity contribution in [3.05, 3.63) is 29.8 Å². The summed E-state index contributed by atoms with van der Waals surface area (Å²) in [4.78, 5) is 26.2. The Morgan fingerprint density at radius 2 is 1.91 bits per heavy atom. The second-order valence-corrected chi connectivity index (χ2v) is 7.28. The predicted molar refractivity (Wildman–Crippen MR) is 90.4 cm³/mol. The summed E-state index contributed by atoms with van der Waals surface area (Å²) in [7, 11) is 1.71. The van der Waals surface area contributed by atoms with Gasteiger partial charge in [-0.15, -0.1) is 0 Å². The van der Waals surface area contributed by atoms with Crippen LogP contribution in [-0.4, -0.2) is 36.6 Å². The molecule has 5 nitrogen and oxygen atoms in total. The second-order valence-electron chi connectivity index (χ2n) is 7.28. The first-order valence-corrected chi connectivity index (χ1v) is 8.04. The molecular weight excluding hydrogens is 292 g/mol. The van der Waals surface area contributed by atoms with Crippen LogP contribution in [0.25, 0.3) is 0 Å². The first-order chi connectivity index (χ1) is 10.7. The lowest BCUT2D eigenvalue weighted by molar-refractivity contribution is -0.119. The zero-order valence-corrected chi connectivity index (χ0v) is 14.3. The van der Waals surface area contributed by atoms with Crippen LogP contribution in [0.2, 0.25) is 0 Å². The minimum atomic E-state index is -0.635. The highest BCUT2D eigenvalue weighted by atomic mass is 16.3. The molecule has 1 fully saturated rings. The highest BCUT2D eigenvalue weighted by molar-refractivity contribution is 6.05. The first kappa shape index (κ1) is 17.5. The molecule has 1 atom stereocenters. The first-order valence-electron chi connectivity index (χ1n) is 8.04. The molecule has 1 aromatic rings. The number of amides is 2. The number of aliphatic hydroxyl groups excluding tert-OH is 1. The zero-order valence-electron chi connectivity index (χ0n) is 14.3. The van der Waals surface area contributed by atoms with Crippen LogP contribution in [0, 0.1) is 11.3 Å². The average molecular weight is 318 g/mol. The van der Waals surface area contributed by atoms with Gasteiger partial charge in [-0.1, -0.05) is 32.9 Å². The van der Waals surface area contributed by atoms with E-state index in [0.717, 1.165) is 12.8 Å². The van der Waals surface area contributed by atoms with Crippen molar-refractivity contribution in [3.63, 3.8) is 0 Å². The van der Waals surface area contributed by atoms with Crippen molar-refractivity contribution in [1.29, 1.82) is 0 Å². The Labute approximate surface area is 137 Å². The normalized spacial score (nSPS) is 15.9. The molecule has 0 aromatic heterocycles. The van der Waals surface area contributed by atoms with Crippen molar-refractivity contribution in [3.8, 4) is 0 Å². The van der Waals surface area contributed by atoms with E-state index in [-0.39, 0.29) is 29.7 Å². The van der Waals surface area contributed by atoms with Gasteiger partial charge in [0, 0.05) is 19.5 Å². The van der Waals surface area contributed by atoms with Crippen LogP contribution in [0.1, 0.15) is 44.0 Å². The average Bonchev–Trinajstić information content (AvgIpc) is 3.34. The lowest BCUT2D eigenvalue weighted by Crippen LogP contribution is -2.40. The summed E-state index contributed by atoms with van der Waals surface area (Å²) in [6.07, 6.45) is 1.22. The van der Waals surface area contributed by atoms with Crippen molar-refractivity contribution >= 4 is 17.5 Å². The number of hydrogen-bond donors (Lipinski definition) is 2. The van der Waals surface area contributed by atoms with Crippen molar-refractivity contribution in [2.45, 2.75) is 39.7 Å². The Kier molecular flexibility index (Phi) is 5.09. The van der Waals surface area contributed by atoms with Gasteiger partial charge in [0.15, 0.2) is 0 Å². The van der Waals surface area contributed by atoms with E-state index in [2.05, 4.69) is 5.32 Å². The minimum absolute atomic E-state index is 0.0555. The third-order valence-corrected chi connectivity index (χ3v) is 4.22. The molecule has 2 rings (SSSR count). The fraction of sp³-hybridized carbons (Fsp3) is 0.556. The predicted octanol–water partition coefficient (Wildman–Crippen LogP) is 2.20. The summed E-state index contributed by atoms with van der Waals surface area (Å²) < 4.78 is 0. The van der Waals surface area contributed by atoms with Crippen molar-refractivity contribution in [1.82, 2.24) is 5.32 Å². The van der Waals surface area contributed by atoms with Crippen LogP contribution in [0.15, 0.2) is 24.3 Å². The number of nitrogens with one attached hydrogen (secondary N) is 1. The fourth-order valence-corrected chi connectivity index (χ4v) is 2.27. The van der Waals surface area contributed by atoms with Crippen LogP contribution < -0.4 is 10.2 Å². The van der Waals surface area contributed by atoms with Gasteiger partial charge in [0.25, 0.3) is 5.91 Å². The maximum atomic E-state index is 12.4. The summed E-state index contributed by atoms with van der Waals surface area (Å²) in [6.45, 7) is 5.93. The molecule has 126 valence electrons. The van der Waals surface area contributed by atoms with Crippen LogP contribution in [0.4, 0.5) is 5.69 Å². The van der Waals surface area contributed by atoms with Gasteiger partial charge in [0.1, 0.15) is 0 Å². The molecule has 0 bridgehead atoms. The Morgan fingerprint density at radius 3 is 2.48 bits per heavy atom. The summed E-state index contributed by atoms with van der Waals surface area (Å²) in [5, 5.41) is 12.8. The maximum absolute atomic E-state index is 12.4. The molecule has 0 saturated heterocycles. The van der Waals surface area contributed by atoms with E-state index >= 15 is 0 Å². The van der Waals surface area contributed by atoms with Gasteiger partial charge in [-0.25, -0.2) is 0 Å². The molecule has 2 N–H and O–H groups in total. The summed E-state index contributed by atoms with van der Waals surface area (Å²) in [5.74, 6) is -0.127. The SMILES string of the molecule is CN(C(=O)C1CC1)c1ccccc1C(=O)NCC(O)C(C)(C)C. The number of benzene rings is 1. The lowest BCUT2D eigenvalue weighted by atomic mass is 9.89. The zero-order chi connectivity index (χ0) is 17.2. The van der Waals surface area contributed by atoms with E-state index in [1.54, 1.807) is 30.1 Å². The quantitative estimate of drug-likeness (QED) is 0.874. The number of carbonyl (C=O) groups excluding carboxylic acids is 2. The van der Waals surface area contributed by atoms with Gasteiger partial charge in [-0.05, 0) is 30.4 Å². The van der Waals surface area contributed by atoms with Gasteiger partial charge in [-0.3, -0.25) is 9.59 Å². The van der Waals surface area contributed by atoms with E-state index in [0.29, 0.717) is 11.3 Å². The molecule has 0 aliphatic heterocycles. The standard InChI is InChI=1S/C18H26N2O3/c1-18(2,3)15(21)11-19-16(22)13-7-5-6-8-14(13)20(4)17(23)12-9-10-12/h5-8,12,15,21H,9-11H2,1-4H3,(H,19,22). The molecule has 1 aliphatic carbocycles. The number of aliphatic hydroxyl groups is 1. The van der Waals surface area contributed by atoms with Gasteiger partial charge < -0.3 is 15.3 Å². The number of para-hydroxylation sites is 1. The molecule has 0 spiro atoms. The van der Waals surface area contributed by atoms with E-state index in [9.17, 15) is 14.7 Å². The highest BCUT2D eigenvalue weighted by Gasteiger charge is 2.33. The molecule has 1 aromatic carbocycles. The fourth-order valence-electron chi connectivity index (χ4n) is 2.27. The van der Waals surface area contributed by atoms with Gasteiger partial charge in [0.05, 0.1) is 17.4 Å². The van der Waals surface area contributed by atoms with E-state index in [1.807, 2.05) is 26.8 Å². The maximum Gasteiger partial charge on any atom is 0.253 e. The van der Waals surface area contributed by atoms with E-state index in [4.69, 9.17) is 0 Å². The van der Waals surface area contributed by atoms with Gasteiger partial charge in [-0.2, -0.15) is 0 Å². The molecule has 2 amide bonds. The Hall–Kier alpha value is -1.88. The lowest BCUT2D eigenvalue weighted by Gasteiger charge is -2.26. The smallest absolute Gasteiger partial charge is 0.253 e. The molecule has 23 heavy (non-hydrogen) atoms. The van der Waals surface area contributed by atoms with Crippen LogP contribution >= 0.6 is 0 Å². The van der Waals surface area contributed by atoms with E-state index < -0.39 is 6.10 Å². The third kappa shape index (κ3) is 4.32. The topological polar surface area (TPSA) is 69.6 Å². The molecule has 0 radical (unpaired) electrons. The largest absolute Gasteiger partial charge is 0.391 e. The van der Waals surface area contributed by atoms with Crippen molar-refractivity contribution < 1.29 is 14.7 Å². The molecular formula is C18H26N2O3. The van der Waals surface area contributed by atoms with E-state index in [1.165, 1.54) is 0 Å². The number of carbonyl (C=O) groups is 2. The highest BCUT2D eigenvalue weighted by Crippen LogP contribution is 2.33. The Balaban J connectivity index is 2.10. The van der Waals surface area contributed by atoms with Crippen LogP contribution in [0.3, 0.4) is 0 Å². The molecule has 1 saturated carbocycles. The Morgan fingerprint density at radius 1 is 1.30 bits per heavy atom. The summed E-state index contributed by atoms with van der Waals surface area (Å²) in [6, 6.07) is 7.06. The number of rotatable bonds is 5. The molecule has 0 heterocycles. The Bertz CT molecular complexity index is 588. The molecule has 1 aliphatic rings. The number of anilines is 1. The van der Waals surface area contributed by atoms with Crippen molar-refractivity contribution in [2.75, 3.05) is 18.5 Å². The van der Waals surface area contributed by atoms with Crippen LogP contribution in [0.5, 0.6) is 0 Å². The third-order valence-electron chi connectivity index (χ3n) is 4.22. The monoisotopic (exact) mass is 318 g/mol. The summed E-state index contributed by atoms with van der Waals surface area (Å²) in [5.41, 5.74) is 0.753. The van der Waals surface area contributed by atoms with Crippen LogP contribution in [-0.2, 0) is 4.79 Å². The second kappa shape index (κ2) is 6.71. The van der Waals surface area contributed by atoms with Gasteiger partial charge in [0.2, 0.25) is 5.91 Å². The van der Waals surface area contributed by atoms with Gasteiger partial charge >= 0.3 is 0 Å². The molecule has 1 unspecified atom stereocenters. The minimum Gasteiger partial charge on any atom is -0.391 e. The number of nitrogens with zero attached hydrogens (tertiary/aromatic N) is 1. The summed E-state index contributed by atoms with van der Waals surface area (Å²) >= 11 is 0. The molecule has 5 heteroatoms. The number of hydrogen-bond acceptors (Lipinski definition) is 3.